The maximum Gasteiger partial charge on any atom is 0.230 e. The number of aromatic nitrogens is 1. The highest BCUT2D eigenvalue weighted by Gasteiger charge is 2.26. The van der Waals surface area contributed by atoms with Gasteiger partial charge in [-0.15, -0.1) is 0 Å². The molecule has 0 saturated carbocycles. The van der Waals surface area contributed by atoms with E-state index in [0.717, 1.165) is 109 Å². The summed E-state index contributed by atoms with van der Waals surface area (Å²) < 4.78 is 11.8. The molecule has 0 spiro atoms. The average Bonchev–Trinajstić information content (AvgIpc) is 3.25. The second kappa shape index (κ2) is 26.3. The van der Waals surface area contributed by atoms with Gasteiger partial charge in [-0.25, -0.2) is 0 Å². The van der Waals surface area contributed by atoms with Gasteiger partial charge in [0.2, 0.25) is 11.8 Å². The van der Waals surface area contributed by atoms with Gasteiger partial charge in [0.25, 0.3) is 0 Å². The molecule has 2 aromatic carbocycles. The fourth-order valence-corrected chi connectivity index (χ4v) is 7.36. The molecule has 310 valence electrons. The highest BCUT2D eigenvalue weighted by atomic mass is 16.5. The number of hydrogen-bond donors (Lipinski definition) is 0. The normalized spacial score (nSPS) is 15.4. The molecular formula is C50H66N4O4. The van der Waals surface area contributed by atoms with Crippen LogP contribution in [0.5, 0.6) is 5.88 Å². The Morgan fingerprint density at radius 1 is 0.724 bits per heavy atom. The number of amides is 1. The van der Waals surface area contributed by atoms with Gasteiger partial charge < -0.3 is 14.4 Å². The molecule has 0 N–H and O–H groups in total. The van der Waals surface area contributed by atoms with Crippen molar-refractivity contribution in [3.63, 3.8) is 0 Å². The number of unbranched alkanes of at least 4 members (excludes halogenated alkanes) is 4. The van der Waals surface area contributed by atoms with Crippen LogP contribution in [0.1, 0.15) is 96.0 Å². The lowest BCUT2D eigenvalue weighted by molar-refractivity contribution is -0.126. The van der Waals surface area contributed by atoms with E-state index in [1.807, 2.05) is 12.1 Å². The number of rotatable bonds is 26. The van der Waals surface area contributed by atoms with Crippen molar-refractivity contribution in [3.8, 4) is 5.88 Å². The molecule has 8 nitrogen and oxygen atoms in total. The first-order valence-electron chi connectivity index (χ1n) is 21.8. The van der Waals surface area contributed by atoms with Crippen molar-refractivity contribution in [1.82, 2.24) is 9.88 Å². The standard InChI is InChI=1S/C50H66N4O4/c1-2-3-4-5-6-7-8-9-10-11-12-13-14-15-16-17-18-19-20-28-45(55)41-57-42-54-49(56)34-32-44-31-33-48(51-50(44)54)58-40-24-23-35-52-36-38-53(39-37-52)47-30-25-27-43-26-21-22-29-46(43)47/h3-4,6-7,9-10,12-13,15-16,21-22,25-27,29-31,33H,2,5,8,11,14,17-20,23-24,28,32,34-42H2,1H3/b4-3-,7-6-,10-9-,13-12-,16-15-. The molecule has 1 aromatic heterocycles. The summed E-state index contributed by atoms with van der Waals surface area (Å²) in [5, 5.41) is 2.62. The van der Waals surface area contributed by atoms with E-state index in [-0.39, 0.29) is 25.0 Å². The van der Waals surface area contributed by atoms with E-state index in [1.54, 1.807) is 4.90 Å². The van der Waals surface area contributed by atoms with Crippen molar-refractivity contribution in [3.05, 3.63) is 121 Å². The van der Waals surface area contributed by atoms with Crippen molar-refractivity contribution in [2.45, 2.75) is 96.8 Å². The molecule has 8 heteroatoms. The van der Waals surface area contributed by atoms with Crippen LogP contribution >= 0.6 is 0 Å². The summed E-state index contributed by atoms with van der Waals surface area (Å²) in [7, 11) is 0. The molecule has 0 aliphatic carbocycles. The number of carbonyl (C=O) groups excluding carboxylic acids is 2. The second-order valence-electron chi connectivity index (χ2n) is 15.2. The van der Waals surface area contributed by atoms with Crippen molar-refractivity contribution in [1.29, 1.82) is 0 Å². The van der Waals surface area contributed by atoms with E-state index in [1.165, 1.54) is 16.5 Å². The van der Waals surface area contributed by atoms with Crippen LogP contribution in [0.25, 0.3) is 10.8 Å². The van der Waals surface area contributed by atoms with Gasteiger partial charge in [-0.1, -0.05) is 111 Å². The van der Waals surface area contributed by atoms with E-state index < -0.39 is 0 Å². The van der Waals surface area contributed by atoms with Gasteiger partial charge in [0.15, 0.2) is 5.78 Å². The zero-order valence-corrected chi connectivity index (χ0v) is 34.9. The summed E-state index contributed by atoms with van der Waals surface area (Å²) >= 11 is 0. The molecule has 0 bridgehead atoms. The Hall–Kier alpha value is -4.79. The maximum absolute atomic E-state index is 12.9. The third kappa shape index (κ3) is 15.5. The van der Waals surface area contributed by atoms with E-state index in [9.17, 15) is 9.59 Å². The van der Waals surface area contributed by atoms with Crippen molar-refractivity contribution < 1.29 is 19.1 Å². The lowest BCUT2D eigenvalue weighted by Crippen LogP contribution is -2.46. The Labute approximate surface area is 348 Å². The van der Waals surface area contributed by atoms with Crippen LogP contribution in [0, 0.1) is 0 Å². The number of Topliss-reactive ketones (excluding diaryl/α,β-unsaturated/α-hetero) is 1. The monoisotopic (exact) mass is 787 g/mol. The number of ketones is 1. The van der Waals surface area contributed by atoms with E-state index in [2.05, 4.69) is 120 Å². The molecule has 2 aliphatic rings. The number of aryl methyl sites for hydroxylation is 1. The van der Waals surface area contributed by atoms with E-state index >= 15 is 0 Å². The quantitative estimate of drug-likeness (QED) is 0.0592. The van der Waals surface area contributed by atoms with Crippen LogP contribution in [0.4, 0.5) is 11.5 Å². The molecule has 3 aromatic rings. The Kier molecular flexibility index (Phi) is 20.1. The molecule has 0 unspecified atom stereocenters. The maximum atomic E-state index is 12.9. The fraction of sp³-hybridized carbons (Fsp3) is 0.460. The number of piperazine rings is 1. The van der Waals surface area contributed by atoms with Gasteiger partial charge in [-0.2, -0.15) is 4.98 Å². The SMILES string of the molecule is CC/C=C\C/C=C\C/C=C\C/C=C\C/C=C\CCCCCC(=O)COCN1C(=O)CCc2ccc(OCCCCN3CCN(c4cccc5ccccc45)CC3)nc21. The summed E-state index contributed by atoms with van der Waals surface area (Å²) in [6, 6.07) is 19.1. The number of hydrogen-bond acceptors (Lipinski definition) is 7. The molecule has 1 amide bonds. The largest absolute Gasteiger partial charge is 0.478 e. The van der Waals surface area contributed by atoms with E-state index in [4.69, 9.17) is 14.5 Å². The Bertz CT molecular complexity index is 1830. The minimum atomic E-state index is -0.0415. The number of benzene rings is 2. The zero-order chi connectivity index (χ0) is 40.5. The summed E-state index contributed by atoms with van der Waals surface area (Å²) in [6.45, 7) is 7.97. The first kappa shape index (κ1) is 44.3. The number of allylic oxidation sites excluding steroid dienone is 10. The van der Waals surface area contributed by atoms with E-state index in [0.29, 0.717) is 37.6 Å². The number of fused-ring (bicyclic) bond motifs is 2. The van der Waals surface area contributed by atoms with Crippen molar-refractivity contribution in [2.75, 3.05) is 62.5 Å². The Morgan fingerprint density at radius 3 is 2.19 bits per heavy atom. The number of nitrogens with zero attached hydrogens (tertiary/aromatic N) is 4. The molecule has 1 fully saturated rings. The first-order chi connectivity index (χ1) is 28.6. The van der Waals surface area contributed by atoms with Crippen LogP contribution in [-0.4, -0.2) is 74.2 Å². The van der Waals surface area contributed by atoms with Gasteiger partial charge in [0.05, 0.1) is 6.61 Å². The molecule has 2 aliphatic heterocycles. The first-order valence-corrected chi connectivity index (χ1v) is 21.8. The molecule has 3 heterocycles. The highest BCUT2D eigenvalue weighted by molar-refractivity contribution is 5.95. The average molecular weight is 787 g/mol. The molecule has 1 saturated heterocycles. The lowest BCUT2D eigenvalue weighted by atomic mass is 10.1. The van der Waals surface area contributed by atoms with Crippen LogP contribution < -0.4 is 14.5 Å². The van der Waals surface area contributed by atoms with Crippen LogP contribution in [-0.2, 0) is 20.7 Å². The minimum Gasteiger partial charge on any atom is -0.478 e. The summed E-state index contributed by atoms with van der Waals surface area (Å²) in [6.07, 6.45) is 34.6. The molecule has 0 atom stereocenters. The van der Waals surface area contributed by atoms with Crippen molar-refractivity contribution >= 4 is 34.0 Å². The topological polar surface area (TPSA) is 75.2 Å². The molecule has 58 heavy (non-hydrogen) atoms. The van der Waals surface area contributed by atoms with Gasteiger partial charge in [0, 0.05) is 56.2 Å². The Balaban J connectivity index is 0.894. The highest BCUT2D eigenvalue weighted by Crippen LogP contribution is 2.29. The van der Waals surface area contributed by atoms with Crippen LogP contribution in [0.2, 0.25) is 0 Å². The summed E-state index contributed by atoms with van der Waals surface area (Å²) in [5.41, 5.74) is 2.33. The number of ether oxygens (including phenoxy) is 2. The van der Waals surface area contributed by atoms with Crippen LogP contribution in [0.15, 0.2) is 115 Å². The summed E-state index contributed by atoms with van der Waals surface area (Å²) in [4.78, 5) is 36.7. The molecule has 5 rings (SSSR count). The van der Waals surface area contributed by atoms with Gasteiger partial charge in [-0.3, -0.25) is 19.4 Å². The predicted octanol–water partition coefficient (Wildman–Crippen LogP) is 10.7. The van der Waals surface area contributed by atoms with Gasteiger partial charge >= 0.3 is 0 Å². The number of pyridine rings is 1. The van der Waals surface area contributed by atoms with Gasteiger partial charge in [0.1, 0.15) is 19.2 Å². The number of anilines is 2. The molecular weight excluding hydrogens is 721 g/mol. The Morgan fingerprint density at radius 2 is 1.43 bits per heavy atom. The third-order valence-electron chi connectivity index (χ3n) is 10.7. The minimum absolute atomic E-state index is 0.00227. The molecule has 0 radical (unpaired) electrons. The lowest BCUT2D eigenvalue weighted by Gasteiger charge is -2.36. The predicted molar refractivity (Wildman–Crippen MR) is 241 cm³/mol. The summed E-state index contributed by atoms with van der Waals surface area (Å²) in [5.74, 6) is 1.12. The van der Waals surface area contributed by atoms with Crippen LogP contribution in [0.3, 0.4) is 0 Å². The van der Waals surface area contributed by atoms with Gasteiger partial charge in [-0.05, 0) is 100 Å². The third-order valence-corrected chi connectivity index (χ3v) is 10.7. The zero-order valence-electron chi connectivity index (χ0n) is 34.9. The number of carbonyl (C=O) groups is 2. The second-order valence-corrected chi connectivity index (χ2v) is 15.2. The smallest absolute Gasteiger partial charge is 0.230 e. The van der Waals surface area contributed by atoms with Crippen molar-refractivity contribution in [2.24, 2.45) is 0 Å². The fourth-order valence-electron chi connectivity index (χ4n) is 7.36.